The van der Waals surface area contributed by atoms with Crippen LogP contribution in [0.15, 0.2) is 55.0 Å². The third-order valence-electron chi connectivity index (χ3n) is 6.50. The van der Waals surface area contributed by atoms with E-state index in [9.17, 15) is 17.6 Å². The van der Waals surface area contributed by atoms with Crippen molar-refractivity contribution in [2.45, 2.75) is 31.1 Å². The molecule has 0 spiro atoms. The minimum Gasteiger partial charge on any atom is -0.423 e. The second-order valence-corrected chi connectivity index (χ2v) is 11.0. The molecule has 10 nitrogen and oxygen atoms in total. The first-order chi connectivity index (χ1) is 18.2. The summed E-state index contributed by atoms with van der Waals surface area (Å²) in [7, 11) is -4.26. The lowest BCUT2D eigenvalue weighted by molar-refractivity contribution is 0.0965. The van der Waals surface area contributed by atoms with E-state index in [4.69, 9.17) is 10.0 Å². The van der Waals surface area contributed by atoms with Crippen LogP contribution in [0.4, 0.5) is 4.39 Å². The molecule has 38 heavy (non-hydrogen) atoms. The van der Waals surface area contributed by atoms with E-state index in [1.54, 1.807) is 37.8 Å². The average Bonchev–Trinajstić information content (AvgIpc) is 3.67. The summed E-state index contributed by atoms with van der Waals surface area (Å²) in [5, 5.41) is 25.6. The van der Waals surface area contributed by atoms with E-state index in [2.05, 4.69) is 20.1 Å². The summed E-state index contributed by atoms with van der Waals surface area (Å²) >= 11 is 0. The molecule has 0 bridgehead atoms. The van der Waals surface area contributed by atoms with E-state index < -0.39 is 23.0 Å². The van der Waals surface area contributed by atoms with Gasteiger partial charge in [0.2, 0.25) is 10.0 Å². The molecule has 3 aromatic heterocycles. The molecule has 1 fully saturated rings. The number of rotatable bonds is 9. The van der Waals surface area contributed by atoms with E-state index in [0.29, 0.717) is 33.5 Å². The molecule has 1 aliphatic carbocycles. The minimum absolute atomic E-state index is 0.170. The number of carbonyl (C=O) groups is 1. The minimum atomic E-state index is -3.85. The Balaban J connectivity index is 1.48. The van der Waals surface area contributed by atoms with Crippen LogP contribution in [0.3, 0.4) is 0 Å². The van der Waals surface area contributed by atoms with Crippen LogP contribution in [0.5, 0.6) is 0 Å². The number of aromatic nitrogens is 3. The number of sulfonamides is 1. The summed E-state index contributed by atoms with van der Waals surface area (Å²) in [4.78, 5) is 16.9. The third kappa shape index (κ3) is 5.32. The molecule has 3 heterocycles. The van der Waals surface area contributed by atoms with Crippen LogP contribution < -0.4 is 15.5 Å². The number of hydrogen-bond donors (Lipinski definition) is 4. The lowest BCUT2D eigenvalue weighted by Gasteiger charge is -2.12. The zero-order valence-electron chi connectivity index (χ0n) is 20.4. The first kappa shape index (κ1) is 26.0. The highest BCUT2D eigenvalue weighted by atomic mass is 32.2. The number of hydrogen-bond acceptors (Lipinski definition) is 7. The van der Waals surface area contributed by atoms with Crippen LogP contribution in [0.25, 0.3) is 16.8 Å². The predicted octanol–water partition coefficient (Wildman–Crippen LogP) is 1.07. The summed E-state index contributed by atoms with van der Waals surface area (Å²) in [5.74, 6) is -1.28. The van der Waals surface area contributed by atoms with Crippen LogP contribution >= 0.6 is 0 Å². The molecule has 1 saturated carbocycles. The molecule has 0 atom stereocenters. The first-order valence-electron chi connectivity index (χ1n) is 12.0. The number of nitrogens with one attached hydrogen (secondary N) is 2. The Morgan fingerprint density at radius 1 is 1.18 bits per heavy atom. The second-order valence-electron chi connectivity index (χ2n) is 9.21. The molecule has 0 unspecified atom stereocenters. The summed E-state index contributed by atoms with van der Waals surface area (Å²) in [6.07, 6.45) is 6.70. The molecule has 196 valence electrons. The van der Waals surface area contributed by atoms with Crippen molar-refractivity contribution in [2.75, 3.05) is 7.05 Å². The van der Waals surface area contributed by atoms with Gasteiger partial charge in [0.1, 0.15) is 11.5 Å². The standard InChI is InChI=1S/C25H25BFN5O5S/c1-28-25(33)23-22-11-19(16-3-4-16)18(13-32(22)31-24(23)17-6-8-29-9-7-17)14-38(36,37)30-12-15-2-5-20(26(34)35)21(27)10-15/h2,5-11,13,16,30,34-35H,3-4,12,14H2,1H3,(H,28,33). The van der Waals surface area contributed by atoms with Crippen LogP contribution in [-0.2, 0) is 22.3 Å². The highest BCUT2D eigenvalue weighted by Gasteiger charge is 2.30. The molecule has 13 heteroatoms. The van der Waals surface area contributed by atoms with Crippen molar-refractivity contribution in [3.8, 4) is 11.3 Å². The van der Waals surface area contributed by atoms with Gasteiger partial charge in [0, 0.05) is 43.2 Å². The number of fused-ring (bicyclic) bond motifs is 1. The van der Waals surface area contributed by atoms with Gasteiger partial charge in [-0.1, -0.05) is 12.1 Å². The Morgan fingerprint density at radius 3 is 2.55 bits per heavy atom. The Hall–Kier alpha value is -3.65. The summed E-state index contributed by atoms with van der Waals surface area (Å²) in [6.45, 7) is -0.170. The van der Waals surface area contributed by atoms with E-state index >= 15 is 0 Å². The topological polar surface area (TPSA) is 146 Å². The Labute approximate surface area is 218 Å². The van der Waals surface area contributed by atoms with Crippen LogP contribution in [0, 0.1) is 5.82 Å². The van der Waals surface area contributed by atoms with Crippen LogP contribution in [0.2, 0.25) is 0 Å². The van der Waals surface area contributed by atoms with Crippen LogP contribution in [0.1, 0.15) is 45.8 Å². The van der Waals surface area contributed by atoms with Crippen LogP contribution in [-0.4, -0.2) is 53.1 Å². The number of benzene rings is 1. The lowest BCUT2D eigenvalue weighted by atomic mass is 9.79. The molecule has 4 aromatic rings. The van der Waals surface area contributed by atoms with Gasteiger partial charge in [0.05, 0.1) is 16.8 Å². The van der Waals surface area contributed by atoms with E-state index in [0.717, 1.165) is 24.5 Å². The van der Waals surface area contributed by atoms with Gasteiger partial charge in [0.25, 0.3) is 5.91 Å². The van der Waals surface area contributed by atoms with Gasteiger partial charge in [-0.05, 0) is 59.7 Å². The van der Waals surface area contributed by atoms with Crippen molar-refractivity contribution in [1.29, 1.82) is 0 Å². The fraction of sp³-hybridized carbons (Fsp3) is 0.240. The van der Waals surface area contributed by atoms with Crippen molar-refractivity contribution in [2.24, 2.45) is 0 Å². The SMILES string of the molecule is CNC(=O)c1c(-c2ccncc2)nn2cc(CS(=O)(=O)NCc3ccc(B(O)O)c(F)c3)c(C3CC3)cc12. The molecule has 1 aliphatic rings. The molecule has 0 saturated heterocycles. The summed E-state index contributed by atoms with van der Waals surface area (Å²) in [6, 6.07) is 9.03. The maximum atomic E-state index is 14.1. The summed E-state index contributed by atoms with van der Waals surface area (Å²) in [5.41, 5.74) is 3.59. The second kappa shape index (κ2) is 10.3. The molecule has 1 aromatic carbocycles. The maximum absolute atomic E-state index is 14.1. The largest absolute Gasteiger partial charge is 0.491 e. The molecular formula is C25H25BFN5O5S. The first-order valence-corrected chi connectivity index (χ1v) is 13.6. The lowest BCUT2D eigenvalue weighted by Crippen LogP contribution is -2.33. The van der Waals surface area contributed by atoms with Gasteiger partial charge in [-0.25, -0.2) is 22.0 Å². The molecule has 0 aliphatic heterocycles. The molecule has 4 N–H and O–H groups in total. The fourth-order valence-corrected chi connectivity index (χ4v) is 5.58. The highest BCUT2D eigenvalue weighted by Crippen LogP contribution is 2.43. The molecule has 1 amide bonds. The number of pyridine rings is 2. The smallest absolute Gasteiger partial charge is 0.423 e. The monoisotopic (exact) mass is 537 g/mol. The van der Waals surface area contributed by atoms with Crippen molar-refractivity contribution in [3.63, 3.8) is 0 Å². The van der Waals surface area contributed by atoms with E-state index in [1.807, 2.05) is 6.07 Å². The molecule has 5 rings (SSSR count). The van der Waals surface area contributed by atoms with E-state index in [1.165, 1.54) is 16.6 Å². The third-order valence-corrected chi connectivity index (χ3v) is 7.77. The zero-order chi connectivity index (χ0) is 27.0. The quantitative estimate of drug-likeness (QED) is 0.234. The van der Waals surface area contributed by atoms with Gasteiger partial charge in [-0.3, -0.25) is 9.78 Å². The molecular weight excluding hydrogens is 512 g/mol. The van der Waals surface area contributed by atoms with Crippen molar-refractivity contribution in [1.82, 2.24) is 24.6 Å². The van der Waals surface area contributed by atoms with Gasteiger partial charge >= 0.3 is 7.12 Å². The Kier molecular flexibility index (Phi) is 7.01. The van der Waals surface area contributed by atoms with Gasteiger partial charge in [-0.15, -0.1) is 0 Å². The molecule has 0 radical (unpaired) electrons. The Morgan fingerprint density at radius 2 is 1.92 bits per heavy atom. The predicted molar refractivity (Wildman–Crippen MR) is 139 cm³/mol. The van der Waals surface area contributed by atoms with Crippen molar-refractivity contribution in [3.05, 3.63) is 83.1 Å². The number of carbonyl (C=O) groups excluding carboxylic acids is 1. The number of amides is 1. The van der Waals surface area contributed by atoms with Crippen molar-refractivity contribution < 1.29 is 27.7 Å². The fourth-order valence-electron chi connectivity index (χ4n) is 4.44. The van der Waals surface area contributed by atoms with Crippen molar-refractivity contribution >= 4 is 34.0 Å². The van der Waals surface area contributed by atoms with Gasteiger partial charge in [-0.2, -0.15) is 5.10 Å². The van der Waals surface area contributed by atoms with E-state index in [-0.39, 0.29) is 29.6 Å². The number of halogens is 1. The maximum Gasteiger partial charge on any atom is 0.491 e. The zero-order valence-corrected chi connectivity index (χ0v) is 21.2. The normalized spacial score (nSPS) is 13.6. The Bertz CT molecular complexity index is 1620. The van der Waals surface area contributed by atoms with Gasteiger partial charge in [0.15, 0.2) is 0 Å². The van der Waals surface area contributed by atoms with Gasteiger partial charge < -0.3 is 15.4 Å². The summed E-state index contributed by atoms with van der Waals surface area (Å²) < 4.78 is 44.1. The highest BCUT2D eigenvalue weighted by molar-refractivity contribution is 7.88. The number of nitrogens with zero attached hydrogens (tertiary/aromatic N) is 3. The average molecular weight is 537 g/mol.